The maximum atomic E-state index is 12.6. The van der Waals surface area contributed by atoms with Gasteiger partial charge in [0.05, 0.1) is 10.2 Å². The summed E-state index contributed by atoms with van der Waals surface area (Å²) < 4.78 is 3.26. The molecule has 1 heterocycles. The van der Waals surface area contributed by atoms with E-state index in [4.69, 9.17) is 0 Å². The van der Waals surface area contributed by atoms with E-state index in [1.54, 1.807) is 11.3 Å². The molecule has 3 aromatic rings. The van der Waals surface area contributed by atoms with Gasteiger partial charge in [-0.15, -0.1) is 0 Å². The molecule has 23 heavy (non-hydrogen) atoms. The van der Waals surface area contributed by atoms with Gasteiger partial charge in [-0.2, -0.15) is 4.99 Å². The standard InChI is InChI=1S/C19H20N2OS/c1-5-21-16-9-7-13(3)11-17(16)23-19(21)20-18(22)15-8-6-12(2)10-14(15)4/h6-11H,5H2,1-4H3. The van der Waals surface area contributed by atoms with E-state index < -0.39 is 0 Å². The number of hydrogen-bond acceptors (Lipinski definition) is 2. The summed E-state index contributed by atoms with van der Waals surface area (Å²) in [7, 11) is 0. The molecule has 0 unspecified atom stereocenters. The Kier molecular flexibility index (Phi) is 4.18. The molecule has 0 aliphatic carbocycles. The van der Waals surface area contributed by atoms with Crippen LogP contribution >= 0.6 is 11.3 Å². The van der Waals surface area contributed by atoms with Crippen molar-refractivity contribution in [3.63, 3.8) is 0 Å². The zero-order chi connectivity index (χ0) is 16.6. The molecule has 0 aliphatic rings. The van der Waals surface area contributed by atoms with Crippen molar-refractivity contribution >= 4 is 27.5 Å². The third-order valence-corrected chi connectivity index (χ3v) is 5.01. The molecule has 0 bridgehead atoms. The van der Waals surface area contributed by atoms with Gasteiger partial charge < -0.3 is 4.57 Å². The number of amides is 1. The predicted octanol–water partition coefficient (Wildman–Crippen LogP) is 4.39. The number of rotatable bonds is 2. The summed E-state index contributed by atoms with van der Waals surface area (Å²) in [6.07, 6.45) is 0. The highest BCUT2D eigenvalue weighted by atomic mass is 32.1. The van der Waals surface area contributed by atoms with Crippen molar-refractivity contribution in [3.8, 4) is 0 Å². The molecule has 0 radical (unpaired) electrons. The number of carbonyl (C=O) groups is 1. The van der Waals surface area contributed by atoms with E-state index in [2.05, 4.69) is 41.6 Å². The van der Waals surface area contributed by atoms with Crippen LogP contribution in [0.4, 0.5) is 0 Å². The number of hydrogen-bond donors (Lipinski definition) is 0. The average Bonchev–Trinajstić information content (AvgIpc) is 2.82. The van der Waals surface area contributed by atoms with Gasteiger partial charge >= 0.3 is 0 Å². The number of aryl methyl sites for hydroxylation is 4. The molecule has 1 amide bonds. The molecule has 118 valence electrons. The van der Waals surface area contributed by atoms with Crippen LogP contribution in [0.2, 0.25) is 0 Å². The van der Waals surface area contributed by atoms with Crippen molar-refractivity contribution < 1.29 is 4.79 Å². The summed E-state index contributed by atoms with van der Waals surface area (Å²) in [4.78, 5) is 17.7. The summed E-state index contributed by atoms with van der Waals surface area (Å²) in [5.41, 5.74) is 5.15. The van der Waals surface area contributed by atoms with E-state index in [9.17, 15) is 4.79 Å². The zero-order valence-electron chi connectivity index (χ0n) is 13.9. The fourth-order valence-corrected chi connectivity index (χ4v) is 3.96. The van der Waals surface area contributed by atoms with Crippen LogP contribution in [0.5, 0.6) is 0 Å². The first-order valence-corrected chi connectivity index (χ1v) is 8.57. The maximum Gasteiger partial charge on any atom is 0.279 e. The van der Waals surface area contributed by atoms with Gasteiger partial charge in [0.1, 0.15) is 0 Å². The quantitative estimate of drug-likeness (QED) is 0.688. The van der Waals surface area contributed by atoms with E-state index in [1.165, 1.54) is 10.3 Å². The number of nitrogens with zero attached hydrogens (tertiary/aromatic N) is 2. The van der Waals surface area contributed by atoms with Gasteiger partial charge in [-0.3, -0.25) is 4.79 Å². The summed E-state index contributed by atoms with van der Waals surface area (Å²) in [5.74, 6) is -0.173. The lowest BCUT2D eigenvalue weighted by Crippen LogP contribution is -2.16. The molecular formula is C19H20N2OS. The molecule has 4 heteroatoms. The van der Waals surface area contributed by atoms with Crippen molar-refractivity contribution in [2.45, 2.75) is 34.2 Å². The minimum Gasteiger partial charge on any atom is -0.317 e. The molecule has 3 rings (SSSR count). The normalized spacial score (nSPS) is 12.1. The second kappa shape index (κ2) is 6.13. The van der Waals surface area contributed by atoms with Crippen LogP contribution < -0.4 is 4.80 Å². The lowest BCUT2D eigenvalue weighted by Gasteiger charge is -2.03. The molecular weight excluding hydrogens is 304 g/mol. The van der Waals surface area contributed by atoms with Gasteiger partial charge in [-0.25, -0.2) is 0 Å². The zero-order valence-corrected chi connectivity index (χ0v) is 14.7. The maximum absolute atomic E-state index is 12.6. The molecule has 0 saturated heterocycles. The first kappa shape index (κ1) is 15.7. The second-order valence-electron chi connectivity index (χ2n) is 5.84. The number of thiazole rings is 1. The highest BCUT2D eigenvalue weighted by molar-refractivity contribution is 7.16. The highest BCUT2D eigenvalue weighted by Crippen LogP contribution is 2.19. The van der Waals surface area contributed by atoms with Crippen LogP contribution in [0.3, 0.4) is 0 Å². The number of fused-ring (bicyclic) bond motifs is 1. The Hall–Kier alpha value is -2.20. The van der Waals surface area contributed by atoms with E-state index in [-0.39, 0.29) is 5.91 Å². The molecule has 1 aromatic heterocycles. The van der Waals surface area contributed by atoms with Crippen LogP contribution in [0.25, 0.3) is 10.2 Å². The van der Waals surface area contributed by atoms with Crippen molar-refractivity contribution in [3.05, 3.63) is 63.5 Å². The summed E-state index contributed by atoms with van der Waals surface area (Å²) in [6, 6.07) is 12.2. The molecule has 0 aliphatic heterocycles. The van der Waals surface area contributed by atoms with Crippen LogP contribution in [0, 0.1) is 20.8 Å². The smallest absolute Gasteiger partial charge is 0.279 e. The fraction of sp³-hybridized carbons (Fsp3) is 0.263. The summed E-state index contributed by atoms with van der Waals surface area (Å²) in [5, 5.41) is 0. The van der Waals surface area contributed by atoms with E-state index in [0.717, 1.165) is 28.0 Å². The first-order valence-electron chi connectivity index (χ1n) is 7.76. The van der Waals surface area contributed by atoms with Crippen molar-refractivity contribution in [1.82, 2.24) is 4.57 Å². The average molecular weight is 324 g/mol. The van der Waals surface area contributed by atoms with E-state index in [1.807, 2.05) is 32.0 Å². The Bertz CT molecular complexity index is 963. The third-order valence-electron chi connectivity index (χ3n) is 3.96. The molecule has 0 fully saturated rings. The van der Waals surface area contributed by atoms with Gasteiger partial charge in [0.2, 0.25) is 0 Å². The van der Waals surface area contributed by atoms with E-state index >= 15 is 0 Å². The lowest BCUT2D eigenvalue weighted by molar-refractivity contribution is 0.0997. The Morgan fingerprint density at radius 2 is 1.78 bits per heavy atom. The SMILES string of the molecule is CCn1c(=NC(=O)c2ccc(C)cc2C)sc2cc(C)ccc21. The van der Waals surface area contributed by atoms with Gasteiger partial charge in [-0.05, 0) is 57.0 Å². The van der Waals surface area contributed by atoms with E-state index in [0.29, 0.717) is 5.56 Å². The van der Waals surface area contributed by atoms with Crippen molar-refractivity contribution in [2.75, 3.05) is 0 Å². The van der Waals surface area contributed by atoms with Crippen LogP contribution in [-0.4, -0.2) is 10.5 Å². The predicted molar refractivity (Wildman–Crippen MR) is 96.0 cm³/mol. The lowest BCUT2D eigenvalue weighted by atomic mass is 10.1. The number of benzene rings is 2. The largest absolute Gasteiger partial charge is 0.317 e. The minimum atomic E-state index is -0.173. The monoisotopic (exact) mass is 324 g/mol. The van der Waals surface area contributed by atoms with Gasteiger partial charge in [-0.1, -0.05) is 35.1 Å². The molecule has 3 nitrogen and oxygen atoms in total. The number of aromatic nitrogens is 1. The topological polar surface area (TPSA) is 34.4 Å². The molecule has 0 spiro atoms. The van der Waals surface area contributed by atoms with Crippen LogP contribution in [0.1, 0.15) is 34.0 Å². The van der Waals surface area contributed by atoms with Crippen molar-refractivity contribution in [2.24, 2.45) is 4.99 Å². The Balaban J connectivity index is 2.15. The Labute approximate surface area is 139 Å². The van der Waals surface area contributed by atoms with Gasteiger partial charge in [0.15, 0.2) is 4.80 Å². The highest BCUT2D eigenvalue weighted by Gasteiger charge is 2.10. The fourth-order valence-electron chi connectivity index (χ4n) is 2.77. The second-order valence-corrected chi connectivity index (χ2v) is 6.84. The molecule has 0 N–H and O–H groups in total. The summed E-state index contributed by atoms with van der Waals surface area (Å²) in [6.45, 7) is 8.93. The molecule has 0 atom stereocenters. The van der Waals surface area contributed by atoms with Crippen LogP contribution in [-0.2, 0) is 6.54 Å². The Morgan fingerprint density at radius 3 is 2.48 bits per heavy atom. The van der Waals surface area contributed by atoms with Gasteiger partial charge in [0, 0.05) is 12.1 Å². The van der Waals surface area contributed by atoms with Crippen LogP contribution in [0.15, 0.2) is 41.4 Å². The minimum absolute atomic E-state index is 0.173. The summed E-state index contributed by atoms with van der Waals surface area (Å²) >= 11 is 1.57. The first-order chi connectivity index (χ1) is 11.0. The Morgan fingerprint density at radius 1 is 1.09 bits per heavy atom. The molecule has 0 saturated carbocycles. The third kappa shape index (κ3) is 2.99. The van der Waals surface area contributed by atoms with Crippen molar-refractivity contribution in [1.29, 1.82) is 0 Å². The number of carbonyl (C=O) groups excluding carboxylic acids is 1. The molecule has 2 aromatic carbocycles. The van der Waals surface area contributed by atoms with Gasteiger partial charge in [0.25, 0.3) is 5.91 Å².